The SMILES string of the molecule is Nc1cnc(Oc2ccc3cccnc3c2)nc1. The highest BCUT2D eigenvalue weighted by Crippen LogP contribution is 2.22. The van der Waals surface area contributed by atoms with Gasteiger partial charge in [0.05, 0.1) is 23.6 Å². The van der Waals surface area contributed by atoms with Gasteiger partial charge in [-0.25, -0.2) is 9.97 Å². The first-order valence-electron chi connectivity index (χ1n) is 5.41. The highest BCUT2D eigenvalue weighted by molar-refractivity contribution is 5.79. The van der Waals surface area contributed by atoms with Crippen molar-refractivity contribution in [2.75, 3.05) is 5.73 Å². The van der Waals surface area contributed by atoms with E-state index in [1.165, 1.54) is 12.4 Å². The van der Waals surface area contributed by atoms with E-state index in [-0.39, 0.29) is 6.01 Å². The standard InChI is InChI=1S/C13H10N4O/c14-10-7-16-13(17-8-10)18-11-4-3-9-2-1-5-15-12(9)6-11/h1-8H,14H2. The van der Waals surface area contributed by atoms with Crippen LogP contribution in [0.15, 0.2) is 48.9 Å². The van der Waals surface area contributed by atoms with Crippen molar-refractivity contribution in [3.63, 3.8) is 0 Å². The number of anilines is 1. The molecule has 0 spiro atoms. The average Bonchev–Trinajstić information content (AvgIpc) is 2.41. The largest absolute Gasteiger partial charge is 0.424 e. The van der Waals surface area contributed by atoms with Crippen molar-refractivity contribution in [1.29, 1.82) is 0 Å². The van der Waals surface area contributed by atoms with Crippen LogP contribution in [0.2, 0.25) is 0 Å². The van der Waals surface area contributed by atoms with Gasteiger partial charge < -0.3 is 10.5 Å². The van der Waals surface area contributed by atoms with E-state index in [2.05, 4.69) is 15.0 Å². The molecule has 2 N–H and O–H groups in total. The number of aromatic nitrogens is 3. The molecule has 0 unspecified atom stereocenters. The lowest BCUT2D eigenvalue weighted by Crippen LogP contribution is -1.94. The quantitative estimate of drug-likeness (QED) is 0.742. The van der Waals surface area contributed by atoms with E-state index in [0.29, 0.717) is 11.4 Å². The van der Waals surface area contributed by atoms with Crippen LogP contribution in [0.3, 0.4) is 0 Å². The number of ether oxygens (including phenoxy) is 1. The second kappa shape index (κ2) is 4.29. The van der Waals surface area contributed by atoms with Gasteiger partial charge in [0, 0.05) is 17.6 Å². The molecule has 0 radical (unpaired) electrons. The molecule has 5 nitrogen and oxygen atoms in total. The Hall–Kier alpha value is -2.69. The van der Waals surface area contributed by atoms with Gasteiger partial charge in [-0.1, -0.05) is 6.07 Å². The highest BCUT2D eigenvalue weighted by atomic mass is 16.5. The number of hydrogen-bond acceptors (Lipinski definition) is 5. The lowest BCUT2D eigenvalue weighted by Gasteiger charge is -2.04. The lowest BCUT2D eigenvalue weighted by atomic mass is 10.2. The Labute approximate surface area is 103 Å². The fourth-order valence-corrected chi connectivity index (χ4v) is 1.59. The van der Waals surface area contributed by atoms with E-state index < -0.39 is 0 Å². The number of nitrogens with two attached hydrogens (primary N) is 1. The summed E-state index contributed by atoms with van der Waals surface area (Å²) in [6.45, 7) is 0. The number of nitrogens with zero attached hydrogens (tertiary/aromatic N) is 3. The Morgan fingerprint density at radius 1 is 1.00 bits per heavy atom. The number of rotatable bonds is 2. The number of pyridine rings is 1. The van der Waals surface area contributed by atoms with E-state index in [0.717, 1.165) is 10.9 Å². The molecular formula is C13H10N4O. The summed E-state index contributed by atoms with van der Waals surface area (Å²) in [7, 11) is 0. The van der Waals surface area contributed by atoms with Crippen LogP contribution in [0.5, 0.6) is 11.8 Å². The van der Waals surface area contributed by atoms with Gasteiger partial charge in [0.2, 0.25) is 0 Å². The van der Waals surface area contributed by atoms with Gasteiger partial charge in [-0.15, -0.1) is 0 Å². The number of fused-ring (bicyclic) bond motifs is 1. The third-order valence-corrected chi connectivity index (χ3v) is 2.43. The van der Waals surface area contributed by atoms with Crippen LogP contribution in [-0.4, -0.2) is 15.0 Å². The van der Waals surface area contributed by atoms with Crippen LogP contribution in [0.4, 0.5) is 5.69 Å². The third-order valence-electron chi connectivity index (χ3n) is 2.43. The van der Waals surface area contributed by atoms with Gasteiger partial charge in [-0.2, -0.15) is 0 Å². The number of hydrogen-bond donors (Lipinski definition) is 1. The first kappa shape index (κ1) is 10.5. The van der Waals surface area contributed by atoms with Gasteiger partial charge in [0.25, 0.3) is 0 Å². The predicted molar refractivity (Wildman–Crippen MR) is 68.3 cm³/mol. The summed E-state index contributed by atoms with van der Waals surface area (Å²) in [6, 6.07) is 9.78. The minimum absolute atomic E-state index is 0.263. The number of benzene rings is 1. The maximum absolute atomic E-state index is 5.52. The van der Waals surface area contributed by atoms with Crippen LogP contribution in [0.25, 0.3) is 10.9 Å². The highest BCUT2D eigenvalue weighted by Gasteiger charge is 2.01. The van der Waals surface area contributed by atoms with Gasteiger partial charge in [-0.05, 0) is 18.2 Å². The van der Waals surface area contributed by atoms with Crippen molar-refractivity contribution >= 4 is 16.6 Å². The van der Waals surface area contributed by atoms with Crippen LogP contribution < -0.4 is 10.5 Å². The molecule has 0 aliphatic carbocycles. The minimum atomic E-state index is 0.263. The molecule has 3 aromatic rings. The lowest BCUT2D eigenvalue weighted by molar-refractivity contribution is 0.442. The Kier molecular flexibility index (Phi) is 2.49. The topological polar surface area (TPSA) is 73.9 Å². The van der Waals surface area contributed by atoms with Gasteiger partial charge >= 0.3 is 6.01 Å². The molecular weight excluding hydrogens is 228 g/mol. The molecule has 2 heterocycles. The van der Waals surface area contributed by atoms with Gasteiger partial charge in [0.15, 0.2) is 0 Å². The summed E-state index contributed by atoms with van der Waals surface area (Å²) < 4.78 is 5.52. The Balaban J connectivity index is 1.92. The van der Waals surface area contributed by atoms with Crippen molar-refractivity contribution in [1.82, 2.24) is 15.0 Å². The molecule has 0 amide bonds. The zero-order valence-electron chi connectivity index (χ0n) is 9.45. The zero-order valence-corrected chi connectivity index (χ0v) is 9.45. The minimum Gasteiger partial charge on any atom is -0.424 e. The Morgan fingerprint density at radius 3 is 2.67 bits per heavy atom. The molecule has 88 valence electrons. The molecule has 0 aliphatic heterocycles. The van der Waals surface area contributed by atoms with Crippen LogP contribution in [0, 0.1) is 0 Å². The molecule has 18 heavy (non-hydrogen) atoms. The maximum Gasteiger partial charge on any atom is 0.322 e. The van der Waals surface area contributed by atoms with Crippen LogP contribution in [-0.2, 0) is 0 Å². The summed E-state index contributed by atoms with van der Waals surface area (Å²) in [5, 5.41) is 1.06. The monoisotopic (exact) mass is 238 g/mol. The molecule has 3 rings (SSSR count). The number of nitrogen functional groups attached to an aromatic ring is 1. The molecule has 0 saturated heterocycles. The first-order chi connectivity index (χ1) is 8.81. The Bertz CT molecular complexity index is 682. The van der Waals surface area contributed by atoms with E-state index in [9.17, 15) is 0 Å². The van der Waals surface area contributed by atoms with Crippen molar-refractivity contribution in [2.24, 2.45) is 0 Å². The van der Waals surface area contributed by atoms with Gasteiger partial charge in [0.1, 0.15) is 5.75 Å². The van der Waals surface area contributed by atoms with Crippen molar-refractivity contribution in [2.45, 2.75) is 0 Å². The van der Waals surface area contributed by atoms with Crippen molar-refractivity contribution in [3.8, 4) is 11.8 Å². The molecule has 0 aliphatic rings. The third kappa shape index (κ3) is 2.06. The van der Waals surface area contributed by atoms with E-state index in [4.69, 9.17) is 10.5 Å². The van der Waals surface area contributed by atoms with Crippen molar-refractivity contribution < 1.29 is 4.74 Å². The summed E-state index contributed by atoms with van der Waals surface area (Å²) in [5.41, 5.74) is 6.87. The molecule has 5 heteroatoms. The Morgan fingerprint density at radius 2 is 1.83 bits per heavy atom. The van der Waals surface area contributed by atoms with Crippen molar-refractivity contribution in [3.05, 3.63) is 48.9 Å². The normalized spacial score (nSPS) is 10.4. The summed E-state index contributed by atoms with van der Waals surface area (Å²) in [6.07, 6.45) is 4.75. The fraction of sp³-hybridized carbons (Fsp3) is 0. The maximum atomic E-state index is 5.52. The molecule has 2 aromatic heterocycles. The van der Waals surface area contributed by atoms with E-state index in [1.807, 2.05) is 30.3 Å². The van der Waals surface area contributed by atoms with Crippen LogP contribution in [0.1, 0.15) is 0 Å². The summed E-state index contributed by atoms with van der Waals surface area (Å²) in [5.74, 6) is 0.644. The second-order valence-electron chi connectivity index (χ2n) is 3.76. The molecule has 1 aromatic carbocycles. The average molecular weight is 238 g/mol. The predicted octanol–water partition coefficient (Wildman–Crippen LogP) is 2.40. The first-order valence-corrected chi connectivity index (χ1v) is 5.41. The van der Waals surface area contributed by atoms with E-state index >= 15 is 0 Å². The van der Waals surface area contributed by atoms with Gasteiger partial charge in [-0.3, -0.25) is 4.98 Å². The second-order valence-corrected chi connectivity index (χ2v) is 3.76. The molecule has 0 saturated carbocycles. The summed E-state index contributed by atoms with van der Waals surface area (Å²) in [4.78, 5) is 12.2. The zero-order chi connectivity index (χ0) is 12.4. The smallest absolute Gasteiger partial charge is 0.322 e. The molecule has 0 bridgehead atoms. The molecule has 0 fully saturated rings. The van der Waals surface area contributed by atoms with E-state index in [1.54, 1.807) is 6.20 Å². The summed E-state index contributed by atoms with van der Waals surface area (Å²) >= 11 is 0. The molecule has 0 atom stereocenters. The fourth-order valence-electron chi connectivity index (χ4n) is 1.59. The van der Waals surface area contributed by atoms with Crippen LogP contribution >= 0.6 is 0 Å².